The molecule has 0 unspecified atom stereocenters. The maximum Gasteiger partial charge on any atom is 0.189 e. The zero-order valence-corrected chi connectivity index (χ0v) is 10.2. The molecule has 3 nitrogen and oxygen atoms in total. The number of fused-ring (bicyclic) bond motifs is 1. The van der Waals surface area contributed by atoms with Crippen molar-refractivity contribution in [3.63, 3.8) is 0 Å². The molecule has 0 N–H and O–H groups in total. The molecule has 1 saturated carbocycles. The Labute approximate surface area is 99.3 Å². The van der Waals surface area contributed by atoms with Crippen LogP contribution in [0, 0.1) is 0 Å². The highest BCUT2D eigenvalue weighted by atomic mass is 32.2. The van der Waals surface area contributed by atoms with Crippen molar-refractivity contribution >= 4 is 22.8 Å². The Hall–Kier alpha value is -1.03. The highest BCUT2D eigenvalue weighted by molar-refractivity contribution is 7.98. The average Bonchev–Trinajstić information content (AvgIpc) is 2.96. The normalized spacial score (nSPS) is 17.3. The van der Waals surface area contributed by atoms with Gasteiger partial charge in [-0.1, -0.05) is 24.6 Å². The smallest absolute Gasteiger partial charge is 0.189 e. The van der Waals surface area contributed by atoms with Gasteiger partial charge in [0.15, 0.2) is 5.16 Å². The molecule has 3 rings (SSSR count). The first-order valence-corrected chi connectivity index (χ1v) is 6.98. The van der Waals surface area contributed by atoms with Crippen LogP contribution in [0.4, 0.5) is 0 Å². The molecule has 0 bridgehead atoms. The van der Waals surface area contributed by atoms with E-state index in [9.17, 15) is 0 Å². The minimum atomic E-state index is 0.655. The van der Waals surface area contributed by atoms with Gasteiger partial charge in [-0.05, 0) is 25.2 Å². The summed E-state index contributed by atoms with van der Waals surface area (Å²) in [6, 6.07) is 2.78. The van der Waals surface area contributed by atoms with Gasteiger partial charge in [0.2, 0.25) is 0 Å². The summed E-state index contributed by atoms with van der Waals surface area (Å²) < 4.78 is 2.34. The van der Waals surface area contributed by atoms with Crippen molar-refractivity contribution in [2.45, 2.75) is 36.9 Å². The fraction of sp³-hybridized carbons (Fsp3) is 0.500. The van der Waals surface area contributed by atoms with Crippen LogP contribution < -0.4 is 0 Å². The number of hydrogen-bond donors (Lipinski definition) is 0. The molecule has 16 heavy (non-hydrogen) atoms. The second kappa shape index (κ2) is 4.09. The minimum Gasteiger partial charge on any atom is -0.329 e. The fourth-order valence-electron chi connectivity index (χ4n) is 2.50. The minimum absolute atomic E-state index is 0.655. The molecule has 2 aromatic rings. The lowest BCUT2D eigenvalue weighted by molar-refractivity contribution is 0.531. The standard InChI is InChI=1S/C12H15N3S/c1-16-12-13-8-9-6-7-15(11(9)14-12)10-4-2-3-5-10/h6-8,10H,2-5H2,1H3. The first-order chi connectivity index (χ1) is 7.88. The van der Waals surface area contributed by atoms with Crippen LogP contribution >= 0.6 is 11.8 Å². The molecule has 4 heteroatoms. The molecular formula is C12H15N3S. The SMILES string of the molecule is CSc1ncc2ccn(C3CCCC3)c2n1. The molecule has 0 radical (unpaired) electrons. The molecule has 1 fully saturated rings. The molecule has 2 aromatic heterocycles. The van der Waals surface area contributed by atoms with Gasteiger partial charge in [0.05, 0.1) is 0 Å². The van der Waals surface area contributed by atoms with E-state index >= 15 is 0 Å². The van der Waals surface area contributed by atoms with Crippen LogP contribution in [0.1, 0.15) is 31.7 Å². The van der Waals surface area contributed by atoms with Crippen LogP contribution in [-0.2, 0) is 0 Å². The molecule has 0 saturated heterocycles. The van der Waals surface area contributed by atoms with E-state index in [0.29, 0.717) is 6.04 Å². The van der Waals surface area contributed by atoms with Gasteiger partial charge >= 0.3 is 0 Å². The summed E-state index contributed by atoms with van der Waals surface area (Å²) in [6.07, 6.45) is 11.4. The Morgan fingerprint density at radius 2 is 2.19 bits per heavy atom. The van der Waals surface area contributed by atoms with Gasteiger partial charge in [0.1, 0.15) is 5.65 Å². The molecule has 1 aliphatic rings. The number of nitrogens with zero attached hydrogens (tertiary/aromatic N) is 3. The molecule has 84 valence electrons. The molecule has 0 amide bonds. The third kappa shape index (κ3) is 1.61. The van der Waals surface area contributed by atoms with Crippen LogP contribution in [0.3, 0.4) is 0 Å². The highest BCUT2D eigenvalue weighted by Gasteiger charge is 2.18. The van der Waals surface area contributed by atoms with Crippen molar-refractivity contribution in [1.29, 1.82) is 0 Å². The van der Waals surface area contributed by atoms with Gasteiger partial charge in [-0.25, -0.2) is 9.97 Å². The van der Waals surface area contributed by atoms with E-state index in [2.05, 4.69) is 26.8 Å². The van der Waals surface area contributed by atoms with Crippen LogP contribution in [0.2, 0.25) is 0 Å². The Kier molecular flexibility index (Phi) is 2.59. The lowest BCUT2D eigenvalue weighted by atomic mass is 10.2. The number of thioether (sulfide) groups is 1. The Bertz CT molecular complexity index is 500. The molecule has 0 aliphatic heterocycles. The maximum atomic E-state index is 4.61. The Balaban J connectivity index is 2.09. The molecule has 0 spiro atoms. The van der Waals surface area contributed by atoms with Crippen molar-refractivity contribution in [2.24, 2.45) is 0 Å². The zero-order valence-electron chi connectivity index (χ0n) is 9.39. The maximum absolute atomic E-state index is 4.61. The third-order valence-electron chi connectivity index (χ3n) is 3.33. The monoisotopic (exact) mass is 233 g/mol. The summed E-state index contributed by atoms with van der Waals surface area (Å²) >= 11 is 1.60. The van der Waals surface area contributed by atoms with Crippen LogP contribution in [-0.4, -0.2) is 20.8 Å². The number of hydrogen-bond acceptors (Lipinski definition) is 3. The predicted octanol–water partition coefficient (Wildman–Crippen LogP) is 3.27. The predicted molar refractivity (Wildman–Crippen MR) is 66.8 cm³/mol. The van der Waals surface area contributed by atoms with Crippen LogP contribution in [0.5, 0.6) is 0 Å². The van der Waals surface area contributed by atoms with Gasteiger partial charge in [-0.15, -0.1) is 0 Å². The summed E-state index contributed by atoms with van der Waals surface area (Å²) in [6.45, 7) is 0. The molecular weight excluding hydrogens is 218 g/mol. The summed E-state index contributed by atoms with van der Waals surface area (Å²) in [7, 11) is 0. The number of rotatable bonds is 2. The summed E-state index contributed by atoms with van der Waals surface area (Å²) in [5.41, 5.74) is 1.10. The van der Waals surface area contributed by atoms with Gasteiger partial charge in [0.25, 0.3) is 0 Å². The summed E-state index contributed by atoms with van der Waals surface area (Å²) in [5.74, 6) is 0. The van der Waals surface area contributed by atoms with E-state index < -0.39 is 0 Å². The van der Waals surface area contributed by atoms with E-state index in [-0.39, 0.29) is 0 Å². The quantitative estimate of drug-likeness (QED) is 0.589. The zero-order chi connectivity index (χ0) is 11.0. The average molecular weight is 233 g/mol. The second-order valence-electron chi connectivity index (χ2n) is 4.30. The van der Waals surface area contributed by atoms with Gasteiger partial charge in [-0.2, -0.15) is 0 Å². The lowest BCUT2D eigenvalue weighted by Crippen LogP contribution is -2.04. The van der Waals surface area contributed by atoms with E-state index in [1.54, 1.807) is 11.8 Å². The van der Waals surface area contributed by atoms with E-state index in [1.807, 2.05) is 12.5 Å². The van der Waals surface area contributed by atoms with Crippen LogP contribution in [0.15, 0.2) is 23.6 Å². The van der Waals surface area contributed by atoms with E-state index in [4.69, 9.17) is 0 Å². The summed E-state index contributed by atoms with van der Waals surface area (Å²) in [5, 5.41) is 2.02. The van der Waals surface area contributed by atoms with Gasteiger partial charge < -0.3 is 4.57 Å². The topological polar surface area (TPSA) is 30.7 Å². The van der Waals surface area contributed by atoms with Crippen molar-refractivity contribution in [3.8, 4) is 0 Å². The van der Waals surface area contributed by atoms with E-state index in [1.165, 1.54) is 25.7 Å². The fourth-order valence-corrected chi connectivity index (χ4v) is 2.83. The van der Waals surface area contributed by atoms with Crippen molar-refractivity contribution in [1.82, 2.24) is 14.5 Å². The first-order valence-electron chi connectivity index (χ1n) is 5.76. The van der Waals surface area contributed by atoms with Crippen molar-refractivity contribution in [2.75, 3.05) is 6.26 Å². The Morgan fingerprint density at radius 1 is 1.38 bits per heavy atom. The van der Waals surface area contributed by atoms with Gasteiger partial charge in [0, 0.05) is 23.8 Å². The highest BCUT2D eigenvalue weighted by Crippen LogP contribution is 2.32. The van der Waals surface area contributed by atoms with E-state index in [0.717, 1.165) is 16.2 Å². The van der Waals surface area contributed by atoms with Crippen molar-refractivity contribution in [3.05, 3.63) is 18.5 Å². The largest absolute Gasteiger partial charge is 0.329 e. The first kappa shape index (κ1) is 10.1. The summed E-state index contributed by atoms with van der Waals surface area (Å²) in [4.78, 5) is 8.92. The molecule has 0 atom stereocenters. The molecule has 2 heterocycles. The van der Waals surface area contributed by atoms with Crippen molar-refractivity contribution < 1.29 is 0 Å². The van der Waals surface area contributed by atoms with Gasteiger partial charge in [-0.3, -0.25) is 0 Å². The second-order valence-corrected chi connectivity index (χ2v) is 5.07. The van der Waals surface area contributed by atoms with Crippen LogP contribution in [0.25, 0.3) is 11.0 Å². The Morgan fingerprint density at radius 3 is 2.94 bits per heavy atom. The molecule has 0 aromatic carbocycles. The third-order valence-corrected chi connectivity index (χ3v) is 3.90. The lowest BCUT2D eigenvalue weighted by Gasteiger charge is -2.12. The molecule has 1 aliphatic carbocycles. The number of aromatic nitrogens is 3.